The SMILES string of the molecule is CCOC(=O)Cc1cc(C(F)F)c([N+](=O)[O-])cn1. The molecule has 0 saturated carbocycles. The maximum Gasteiger partial charge on any atom is 0.311 e. The predicted molar refractivity (Wildman–Crippen MR) is 56.2 cm³/mol. The summed E-state index contributed by atoms with van der Waals surface area (Å²) in [4.78, 5) is 24.3. The van der Waals surface area contributed by atoms with Crippen molar-refractivity contribution in [3.05, 3.63) is 33.6 Å². The molecule has 0 fully saturated rings. The highest BCUT2D eigenvalue weighted by Gasteiger charge is 2.23. The maximum atomic E-state index is 12.6. The number of rotatable bonds is 5. The van der Waals surface area contributed by atoms with Crippen LogP contribution in [0.15, 0.2) is 12.3 Å². The molecule has 0 bridgehead atoms. The molecule has 1 aromatic rings. The van der Waals surface area contributed by atoms with Crippen molar-refractivity contribution in [3.8, 4) is 0 Å². The van der Waals surface area contributed by atoms with Gasteiger partial charge in [-0.05, 0) is 13.0 Å². The van der Waals surface area contributed by atoms with Gasteiger partial charge in [-0.3, -0.25) is 19.9 Å². The minimum Gasteiger partial charge on any atom is -0.466 e. The third-order valence-electron chi connectivity index (χ3n) is 2.03. The van der Waals surface area contributed by atoms with Crippen LogP contribution in [0.1, 0.15) is 24.6 Å². The fraction of sp³-hybridized carbons (Fsp3) is 0.400. The Morgan fingerprint density at radius 3 is 2.78 bits per heavy atom. The Morgan fingerprint density at radius 2 is 2.28 bits per heavy atom. The van der Waals surface area contributed by atoms with Gasteiger partial charge in [0.25, 0.3) is 12.1 Å². The first-order chi connectivity index (χ1) is 8.45. The molecule has 18 heavy (non-hydrogen) atoms. The monoisotopic (exact) mass is 260 g/mol. The largest absolute Gasteiger partial charge is 0.466 e. The second kappa shape index (κ2) is 5.99. The normalized spacial score (nSPS) is 10.4. The number of esters is 1. The van der Waals surface area contributed by atoms with Crippen LogP contribution in [0, 0.1) is 10.1 Å². The number of carbonyl (C=O) groups is 1. The molecule has 98 valence electrons. The van der Waals surface area contributed by atoms with Crippen molar-refractivity contribution in [2.45, 2.75) is 19.8 Å². The summed E-state index contributed by atoms with van der Waals surface area (Å²) < 4.78 is 29.8. The number of aromatic nitrogens is 1. The standard InChI is InChI=1S/C10H10F2N2O4/c1-2-18-9(15)4-6-3-7(10(11)12)8(5-13-6)14(16)17/h3,5,10H,2,4H2,1H3. The van der Waals surface area contributed by atoms with Gasteiger partial charge in [0.1, 0.15) is 6.20 Å². The summed E-state index contributed by atoms with van der Waals surface area (Å²) in [5, 5.41) is 10.5. The summed E-state index contributed by atoms with van der Waals surface area (Å²) >= 11 is 0. The summed E-state index contributed by atoms with van der Waals surface area (Å²) in [6, 6.07) is 0.847. The lowest BCUT2D eigenvalue weighted by atomic mass is 10.1. The molecule has 0 saturated heterocycles. The molecule has 0 amide bonds. The van der Waals surface area contributed by atoms with Crippen LogP contribution in [0.4, 0.5) is 14.5 Å². The fourth-order valence-corrected chi connectivity index (χ4v) is 1.29. The van der Waals surface area contributed by atoms with Gasteiger partial charge in [-0.1, -0.05) is 0 Å². The molecule has 1 rings (SSSR count). The second-order valence-corrected chi connectivity index (χ2v) is 3.27. The van der Waals surface area contributed by atoms with E-state index in [-0.39, 0.29) is 18.7 Å². The molecule has 0 radical (unpaired) electrons. The van der Waals surface area contributed by atoms with E-state index in [1.165, 1.54) is 0 Å². The van der Waals surface area contributed by atoms with Gasteiger partial charge in [-0.15, -0.1) is 0 Å². The van der Waals surface area contributed by atoms with Gasteiger partial charge in [-0.2, -0.15) is 0 Å². The Morgan fingerprint density at radius 1 is 1.61 bits per heavy atom. The first-order valence-corrected chi connectivity index (χ1v) is 5.02. The first-order valence-electron chi connectivity index (χ1n) is 5.02. The van der Waals surface area contributed by atoms with E-state index in [1.807, 2.05) is 0 Å². The lowest BCUT2D eigenvalue weighted by Crippen LogP contribution is -2.09. The molecule has 0 atom stereocenters. The molecule has 1 heterocycles. The number of carbonyl (C=O) groups excluding carboxylic acids is 1. The first kappa shape index (κ1) is 13.9. The van der Waals surface area contributed by atoms with E-state index >= 15 is 0 Å². The second-order valence-electron chi connectivity index (χ2n) is 3.27. The minimum absolute atomic E-state index is 0.00866. The van der Waals surface area contributed by atoms with Crippen molar-refractivity contribution < 1.29 is 23.2 Å². The molecule has 1 aromatic heterocycles. The number of nitro groups is 1. The Hall–Kier alpha value is -2.12. The van der Waals surface area contributed by atoms with Crippen LogP contribution in [0.3, 0.4) is 0 Å². The van der Waals surface area contributed by atoms with Gasteiger partial charge in [0, 0.05) is 0 Å². The molecule has 0 aliphatic carbocycles. The van der Waals surface area contributed by atoms with Crippen LogP contribution in [0.2, 0.25) is 0 Å². The molecule has 6 nitrogen and oxygen atoms in total. The molecule has 0 aliphatic rings. The molecule has 0 aromatic carbocycles. The van der Waals surface area contributed by atoms with Gasteiger partial charge < -0.3 is 4.74 Å². The molecule has 8 heteroatoms. The van der Waals surface area contributed by atoms with Crippen molar-refractivity contribution in [1.29, 1.82) is 0 Å². The van der Waals surface area contributed by atoms with E-state index in [9.17, 15) is 23.7 Å². The van der Waals surface area contributed by atoms with Gasteiger partial charge in [0.2, 0.25) is 0 Å². The smallest absolute Gasteiger partial charge is 0.311 e. The Kier molecular flexibility index (Phi) is 4.64. The lowest BCUT2D eigenvalue weighted by Gasteiger charge is -2.05. The van der Waals surface area contributed by atoms with Crippen molar-refractivity contribution in [3.63, 3.8) is 0 Å². The average Bonchev–Trinajstić information content (AvgIpc) is 2.28. The summed E-state index contributed by atoms with van der Waals surface area (Å²) in [5.41, 5.74) is -1.51. The highest BCUT2D eigenvalue weighted by Crippen LogP contribution is 2.28. The molecule has 0 N–H and O–H groups in total. The molecule has 0 aliphatic heterocycles. The van der Waals surface area contributed by atoms with Crippen LogP contribution >= 0.6 is 0 Å². The van der Waals surface area contributed by atoms with Crippen LogP contribution in [0.5, 0.6) is 0 Å². The third-order valence-corrected chi connectivity index (χ3v) is 2.03. The number of nitrogens with zero attached hydrogens (tertiary/aromatic N) is 2. The van der Waals surface area contributed by atoms with Crippen LogP contribution in [0.25, 0.3) is 0 Å². The van der Waals surface area contributed by atoms with Crippen LogP contribution < -0.4 is 0 Å². The summed E-state index contributed by atoms with van der Waals surface area (Å²) in [6.07, 6.45) is -2.59. The highest BCUT2D eigenvalue weighted by atomic mass is 19.3. The molecular weight excluding hydrogens is 250 g/mol. The van der Waals surface area contributed by atoms with E-state index in [0.717, 1.165) is 12.3 Å². The van der Waals surface area contributed by atoms with E-state index in [2.05, 4.69) is 9.72 Å². The number of hydrogen-bond donors (Lipinski definition) is 0. The van der Waals surface area contributed by atoms with Crippen LogP contribution in [-0.4, -0.2) is 22.5 Å². The Labute approximate surface area is 101 Å². The van der Waals surface area contributed by atoms with Gasteiger partial charge in [-0.25, -0.2) is 8.78 Å². The average molecular weight is 260 g/mol. The number of pyridine rings is 1. The summed E-state index contributed by atoms with van der Waals surface area (Å²) in [6.45, 7) is 1.76. The number of alkyl halides is 2. The third kappa shape index (κ3) is 3.44. The highest BCUT2D eigenvalue weighted by molar-refractivity contribution is 5.72. The van der Waals surface area contributed by atoms with Gasteiger partial charge in [0.15, 0.2) is 0 Å². The van der Waals surface area contributed by atoms with Gasteiger partial charge in [0.05, 0.1) is 29.2 Å². The number of hydrogen-bond acceptors (Lipinski definition) is 5. The maximum absolute atomic E-state index is 12.6. The fourth-order valence-electron chi connectivity index (χ4n) is 1.29. The quantitative estimate of drug-likeness (QED) is 0.459. The summed E-state index contributed by atoms with van der Waals surface area (Å²) in [5.74, 6) is -0.626. The van der Waals surface area contributed by atoms with Gasteiger partial charge >= 0.3 is 5.97 Å². The Balaban J connectivity index is 3.00. The zero-order valence-corrected chi connectivity index (χ0v) is 9.43. The van der Waals surface area contributed by atoms with Crippen molar-refractivity contribution in [2.75, 3.05) is 6.61 Å². The molecular formula is C10H10F2N2O4. The van der Waals surface area contributed by atoms with E-state index in [0.29, 0.717) is 0 Å². The predicted octanol–water partition coefficient (Wildman–Crippen LogP) is 2.03. The van der Waals surface area contributed by atoms with Crippen LogP contribution in [-0.2, 0) is 16.0 Å². The molecule has 0 spiro atoms. The van der Waals surface area contributed by atoms with E-state index < -0.39 is 28.6 Å². The number of ether oxygens (including phenoxy) is 1. The topological polar surface area (TPSA) is 82.3 Å². The van der Waals surface area contributed by atoms with Crippen molar-refractivity contribution in [2.24, 2.45) is 0 Å². The zero-order chi connectivity index (χ0) is 13.7. The van der Waals surface area contributed by atoms with E-state index in [1.54, 1.807) is 6.92 Å². The van der Waals surface area contributed by atoms with Crippen molar-refractivity contribution >= 4 is 11.7 Å². The molecule has 0 unspecified atom stereocenters. The minimum atomic E-state index is -3.01. The summed E-state index contributed by atoms with van der Waals surface area (Å²) in [7, 11) is 0. The lowest BCUT2D eigenvalue weighted by molar-refractivity contribution is -0.386. The Bertz CT molecular complexity index is 465. The number of halogens is 2. The zero-order valence-electron chi connectivity index (χ0n) is 9.43. The van der Waals surface area contributed by atoms with E-state index in [4.69, 9.17) is 0 Å². The van der Waals surface area contributed by atoms with Crippen molar-refractivity contribution in [1.82, 2.24) is 4.98 Å².